The third kappa shape index (κ3) is 4.45. The van der Waals surface area contributed by atoms with Gasteiger partial charge in [-0.15, -0.1) is 0 Å². The number of hydrogen-bond acceptors (Lipinski definition) is 4. The molecule has 1 atom stereocenters. The summed E-state index contributed by atoms with van der Waals surface area (Å²) in [6.45, 7) is 10.7. The van der Waals surface area contributed by atoms with Crippen molar-refractivity contribution in [3.05, 3.63) is 53.2 Å². The smallest absolute Gasteiger partial charge is 0.236 e. The van der Waals surface area contributed by atoms with Gasteiger partial charge in [0.05, 0.1) is 23.8 Å². The lowest BCUT2D eigenvalue weighted by atomic mass is 9.92. The number of anilines is 1. The lowest BCUT2D eigenvalue weighted by Gasteiger charge is -2.21. The average Bonchev–Trinajstić information content (AvgIpc) is 3.53. The van der Waals surface area contributed by atoms with E-state index in [0.29, 0.717) is 29.8 Å². The van der Waals surface area contributed by atoms with E-state index in [2.05, 4.69) is 49.7 Å². The SMILES string of the molecule is CCn1c(C(C)(C)C)cc2cc(NC(=O)C3(c4ccc(OC)c(OC(C)F)c4)CC3)c(C#N)cc21. The highest BCUT2D eigenvalue weighted by molar-refractivity contribution is 6.03. The minimum absolute atomic E-state index is 0.0609. The molecule has 1 aliphatic carbocycles. The fraction of sp³-hybridized carbons (Fsp3) is 0.429. The molecule has 3 aromatic rings. The van der Waals surface area contributed by atoms with Crippen molar-refractivity contribution in [2.24, 2.45) is 0 Å². The van der Waals surface area contributed by atoms with Gasteiger partial charge in [0, 0.05) is 35.5 Å². The largest absolute Gasteiger partial charge is 0.493 e. The van der Waals surface area contributed by atoms with Crippen molar-refractivity contribution in [3.63, 3.8) is 0 Å². The fourth-order valence-corrected chi connectivity index (χ4v) is 4.72. The summed E-state index contributed by atoms with van der Waals surface area (Å²) in [5.74, 6) is 0.472. The van der Waals surface area contributed by atoms with Crippen LogP contribution in [0.5, 0.6) is 11.5 Å². The predicted molar refractivity (Wildman–Crippen MR) is 135 cm³/mol. The molecular weight excluding hydrogens is 445 g/mol. The number of carbonyl (C=O) groups is 1. The average molecular weight is 478 g/mol. The zero-order chi connectivity index (χ0) is 25.5. The van der Waals surface area contributed by atoms with Crippen LogP contribution in [-0.2, 0) is 22.2 Å². The predicted octanol–water partition coefficient (Wildman–Crippen LogP) is 6.20. The van der Waals surface area contributed by atoms with Gasteiger partial charge in [-0.3, -0.25) is 4.79 Å². The first kappa shape index (κ1) is 24.6. The molecule has 1 saturated carbocycles. The second-order valence-corrected chi connectivity index (χ2v) is 10.2. The molecular formula is C28H32FN3O3. The van der Waals surface area contributed by atoms with Crippen LogP contribution in [0.3, 0.4) is 0 Å². The molecule has 6 nitrogen and oxygen atoms in total. The molecule has 184 valence electrons. The van der Waals surface area contributed by atoms with Crippen molar-refractivity contribution in [2.45, 2.75) is 71.2 Å². The zero-order valence-corrected chi connectivity index (χ0v) is 21.2. The lowest BCUT2D eigenvalue weighted by Crippen LogP contribution is -2.28. The summed E-state index contributed by atoms with van der Waals surface area (Å²) < 4.78 is 26.3. The van der Waals surface area contributed by atoms with E-state index < -0.39 is 11.8 Å². The summed E-state index contributed by atoms with van der Waals surface area (Å²) in [4.78, 5) is 13.5. The van der Waals surface area contributed by atoms with Gasteiger partial charge < -0.3 is 19.4 Å². The van der Waals surface area contributed by atoms with Crippen molar-refractivity contribution in [2.75, 3.05) is 12.4 Å². The molecule has 0 radical (unpaired) electrons. The molecule has 0 aliphatic heterocycles. The van der Waals surface area contributed by atoms with Gasteiger partial charge >= 0.3 is 0 Å². The van der Waals surface area contributed by atoms with Crippen LogP contribution in [0.1, 0.15) is 64.3 Å². The molecule has 0 bridgehead atoms. The molecule has 35 heavy (non-hydrogen) atoms. The topological polar surface area (TPSA) is 76.3 Å². The van der Waals surface area contributed by atoms with Crippen LogP contribution in [0.2, 0.25) is 0 Å². The highest BCUT2D eigenvalue weighted by atomic mass is 19.1. The van der Waals surface area contributed by atoms with Crippen LogP contribution in [0.25, 0.3) is 10.9 Å². The molecule has 0 saturated heterocycles. The van der Waals surface area contributed by atoms with Gasteiger partial charge in [0.25, 0.3) is 0 Å². The van der Waals surface area contributed by atoms with Crippen LogP contribution >= 0.6 is 0 Å². The number of alkyl halides is 1. The van der Waals surface area contributed by atoms with E-state index in [-0.39, 0.29) is 17.1 Å². The Labute approximate surface area is 205 Å². The van der Waals surface area contributed by atoms with Crippen molar-refractivity contribution >= 4 is 22.5 Å². The van der Waals surface area contributed by atoms with Crippen LogP contribution in [0.4, 0.5) is 10.1 Å². The molecule has 1 aromatic heterocycles. The van der Waals surface area contributed by atoms with E-state index in [9.17, 15) is 14.4 Å². The summed E-state index contributed by atoms with van der Waals surface area (Å²) in [5, 5.41) is 13.8. The summed E-state index contributed by atoms with van der Waals surface area (Å²) in [7, 11) is 1.49. The van der Waals surface area contributed by atoms with E-state index in [0.717, 1.165) is 23.0 Å². The zero-order valence-electron chi connectivity index (χ0n) is 21.2. The number of fused-ring (bicyclic) bond motifs is 1. The van der Waals surface area contributed by atoms with Crippen LogP contribution in [0, 0.1) is 11.3 Å². The monoisotopic (exact) mass is 477 g/mol. The Morgan fingerprint density at radius 2 is 1.94 bits per heavy atom. The number of hydrogen-bond donors (Lipinski definition) is 1. The number of rotatable bonds is 7. The molecule has 1 heterocycles. The third-order valence-corrected chi connectivity index (χ3v) is 6.68. The molecule has 1 aliphatic rings. The Kier molecular flexibility index (Phi) is 6.27. The van der Waals surface area contributed by atoms with Crippen LogP contribution in [-0.4, -0.2) is 23.9 Å². The van der Waals surface area contributed by atoms with Gasteiger partial charge in [-0.05, 0) is 55.7 Å². The molecule has 1 unspecified atom stereocenters. The second kappa shape index (κ2) is 8.92. The number of halogens is 1. The van der Waals surface area contributed by atoms with Gasteiger partial charge in [-0.2, -0.15) is 5.26 Å². The van der Waals surface area contributed by atoms with Crippen molar-refractivity contribution in [1.82, 2.24) is 4.57 Å². The number of nitrogens with zero attached hydrogens (tertiary/aromatic N) is 2. The number of carbonyl (C=O) groups excluding carboxylic acids is 1. The Morgan fingerprint density at radius 1 is 1.23 bits per heavy atom. The molecule has 1 amide bonds. The third-order valence-electron chi connectivity index (χ3n) is 6.68. The maximum absolute atomic E-state index is 13.5. The maximum atomic E-state index is 13.5. The second-order valence-electron chi connectivity index (χ2n) is 10.2. The number of ether oxygens (including phenoxy) is 2. The van der Waals surface area contributed by atoms with E-state index in [4.69, 9.17) is 9.47 Å². The maximum Gasteiger partial charge on any atom is 0.236 e. The molecule has 1 N–H and O–H groups in total. The minimum atomic E-state index is -1.51. The van der Waals surface area contributed by atoms with E-state index >= 15 is 0 Å². The summed E-state index contributed by atoms with van der Waals surface area (Å²) in [5.41, 5.74) is 2.98. The Hall–Kier alpha value is -3.53. The van der Waals surface area contributed by atoms with Gasteiger partial charge in [0.2, 0.25) is 12.3 Å². The van der Waals surface area contributed by atoms with E-state index in [1.807, 2.05) is 18.2 Å². The number of nitrogens with one attached hydrogen (secondary N) is 1. The first-order valence-electron chi connectivity index (χ1n) is 11.9. The van der Waals surface area contributed by atoms with Crippen molar-refractivity contribution < 1.29 is 18.7 Å². The number of methoxy groups -OCH3 is 1. The standard InChI is InChI=1S/C28H32FN3O3/c1-7-32-22-13-19(16-30)21(12-18(22)14-25(32)27(3,4)5)31-26(33)28(10-11-28)20-8-9-23(34-6)24(15-20)35-17(2)29/h8-9,12-15,17H,7,10-11H2,1-6H3,(H,31,33). The van der Waals surface area contributed by atoms with Crippen LogP contribution < -0.4 is 14.8 Å². The normalized spacial score (nSPS) is 15.4. The molecule has 2 aromatic carbocycles. The van der Waals surface area contributed by atoms with Crippen molar-refractivity contribution in [3.8, 4) is 17.6 Å². The first-order valence-corrected chi connectivity index (χ1v) is 11.9. The Morgan fingerprint density at radius 3 is 2.49 bits per heavy atom. The minimum Gasteiger partial charge on any atom is -0.493 e. The number of nitriles is 1. The highest BCUT2D eigenvalue weighted by Crippen LogP contribution is 2.51. The summed E-state index contributed by atoms with van der Waals surface area (Å²) >= 11 is 0. The molecule has 1 fully saturated rings. The van der Waals surface area contributed by atoms with Gasteiger partial charge in [0.1, 0.15) is 6.07 Å². The molecule has 7 heteroatoms. The van der Waals surface area contributed by atoms with Crippen molar-refractivity contribution in [1.29, 1.82) is 5.26 Å². The highest BCUT2D eigenvalue weighted by Gasteiger charge is 2.51. The number of benzene rings is 2. The Bertz CT molecular complexity index is 1320. The van der Waals surface area contributed by atoms with Gasteiger partial charge in [0.15, 0.2) is 11.5 Å². The number of aromatic nitrogens is 1. The van der Waals surface area contributed by atoms with E-state index in [1.54, 1.807) is 12.1 Å². The number of amides is 1. The van der Waals surface area contributed by atoms with Crippen LogP contribution in [0.15, 0.2) is 36.4 Å². The molecule has 4 rings (SSSR count). The van der Waals surface area contributed by atoms with E-state index in [1.165, 1.54) is 19.7 Å². The summed E-state index contributed by atoms with van der Waals surface area (Å²) in [6.07, 6.45) is -0.206. The lowest BCUT2D eigenvalue weighted by molar-refractivity contribution is -0.118. The van der Waals surface area contributed by atoms with Gasteiger partial charge in [-0.25, -0.2) is 4.39 Å². The quantitative estimate of drug-likeness (QED) is 0.439. The first-order chi connectivity index (χ1) is 16.5. The Balaban J connectivity index is 1.70. The summed E-state index contributed by atoms with van der Waals surface area (Å²) in [6, 6.07) is 13.3. The fourth-order valence-electron chi connectivity index (χ4n) is 4.72. The van der Waals surface area contributed by atoms with Gasteiger partial charge in [-0.1, -0.05) is 26.8 Å². The number of aryl methyl sites for hydroxylation is 1. The molecule has 0 spiro atoms.